The number of nitrogens with zero attached hydrogens (tertiary/aromatic N) is 7. The smallest absolute Gasteiger partial charge is 0.344 e. The number of ether oxygens (including phenoxy) is 4. The van der Waals surface area contributed by atoms with Crippen LogP contribution in [0.15, 0.2) is 97.1 Å². The summed E-state index contributed by atoms with van der Waals surface area (Å²) in [6.45, 7) is 31.4. The summed E-state index contributed by atoms with van der Waals surface area (Å²) in [6.07, 6.45) is 17.5. The highest BCUT2D eigenvalue weighted by molar-refractivity contribution is 14.1. The minimum atomic E-state index is -1.21. The Morgan fingerprint density at radius 2 is 0.921 bits per heavy atom. The minimum absolute atomic E-state index is 0.384. The lowest BCUT2D eigenvalue weighted by atomic mass is 9.93. The monoisotopic (exact) mass is 1430 g/mol. The van der Waals surface area contributed by atoms with Crippen LogP contribution in [0.4, 0.5) is 4.79 Å². The van der Waals surface area contributed by atoms with Gasteiger partial charge in [0.15, 0.2) is 18.7 Å². The van der Waals surface area contributed by atoms with Crippen molar-refractivity contribution < 1.29 is 64.6 Å². The van der Waals surface area contributed by atoms with Gasteiger partial charge >= 0.3 is 6.03 Å². The molecule has 4 fully saturated rings. The van der Waals surface area contributed by atoms with Crippen molar-refractivity contribution in [1.82, 2.24) is 25.0 Å². The number of fused-ring (bicyclic) bond motifs is 1. The Morgan fingerprint density at radius 1 is 0.551 bits per heavy atom. The molecule has 24 nitrogen and oxygen atoms in total. The number of nitrogens with one attached hydrogen (secondary N) is 2. The van der Waals surface area contributed by atoms with Crippen LogP contribution in [0.3, 0.4) is 0 Å². The summed E-state index contributed by atoms with van der Waals surface area (Å²) in [7, 11) is 0. The second kappa shape index (κ2) is 30.2. The van der Waals surface area contributed by atoms with Crippen LogP contribution < -0.4 is 27.5 Å². The Bertz CT molecular complexity index is 3210. The standard InChI is InChI=1S/C17H26N3O3P.C15H26N3O3P.C14H23IN3O3P.C14H23N2O4P/c1-10-8-12-9-20(11(2)19-16(12)18-10)17-15(22)14(21)13(23-17)6-7-24(3,4)5;1-9-8-18(10(2)17-14(9)16)15-13(20)12(19)11(21-15)6-7-22(3,4)5;1-8-17-13(16)9(15)7-18(8)14-12(20)11(19)10(21-14)5-6-22(2,3)4;1-8-9(7-15-14(19)16-8)13-12(18)11(17)10(20-13)5-6-21(2,3)4/h8-9,13-15,17,21-22H,2-3,6-7H2,1,4-5H3,(H,18,19);8,11-13,15,19-20H,2-3,6-7H2,1,4-5H3,(H2,16,17);7,10-12,14,19-20H,1-2,5-6H2,3-4H3,(H2,16,17);7,9-13,17-18H,1-2,5-6H2,3-4H3,(H,16,19). The van der Waals surface area contributed by atoms with E-state index in [2.05, 4.69) is 158 Å². The molecule has 0 spiro atoms. The van der Waals surface area contributed by atoms with Crippen LogP contribution in [0, 0.1) is 12.8 Å². The van der Waals surface area contributed by atoms with E-state index in [1.165, 1.54) is 6.21 Å². The quantitative estimate of drug-likeness (QED) is 0.0832. The van der Waals surface area contributed by atoms with Crippen molar-refractivity contribution >= 4 is 105 Å². The van der Waals surface area contributed by atoms with Crippen LogP contribution in [0.2, 0.25) is 0 Å². The van der Waals surface area contributed by atoms with E-state index < -0.39 is 138 Å². The number of hydrogen-bond acceptors (Lipinski definition) is 21. The van der Waals surface area contributed by atoms with Gasteiger partial charge in [0.25, 0.3) is 0 Å². The number of aliphatic hydroxyl groups is 8. The third-order valence-electron chi connectivity index (χ3n) is 15.8. The van der Waals surface area contributed by atoms with Gasteiger partial charge in [0.2, 0.25) is 0 Å². The minimum Gasteiger partial charge on any atom is -0.388 e. The number of halogens is 1. The van der Waals surface area contributed by atoms with E-state index in [0.717, 1.165) is 50.2 Å². The average Bonchev–Trinajstić information content (AvgIpc) is 2.45. The van der Waals surface area contributed by atoms with Gasteiger partial charge in [-0.1, -0.05) is 26.3 Å². The first-order valence-corrected chi connectivity index (χ1v) is 42.6. The molecule has 1 aromatic heterocycles. The fraction of sp³-hybridized carbons (Fsp3) is 0.583. The van der Waals surface area contributed by atoms with Gasteiger partial charge in [-0.2, -0.15) is 0 Å². The number of hydrogen-bond donors (Lipinski definition) is 12. The summed E-state index contributed by atoms with van der Waals surface area (Å²) < 4.78 is 24.3. The third-order valence-corrected chi connectivity index (χ3v) is 22.5. The predicted molar refractivity (Wildman–Crippen MR) is 377 cm³/mol. The molecule has 0 bridgehead atoms. The Balaban J connectivity index is 0.000000189. The lowest BCUT2D eigenvalue weighted by molar-refractivity contribution is -0.0580. The number of aryl methyl sites for hydroxylation is 1. The zero-order chi connectivity index (χ0) is 66.7. The van der Waals surface area contributed by atoms with Crippen LogP contribution in [0.1, 0.15) is 38.3 Å². The van der Waals surface area contributed by atoms with E-state index >= 15 is 0 Å². The van der Waals surface area contributed by atoms with Crippen molar-refractivity contribution in [1.29, 1.82) is 0 Å². The molecular formula is C60H98IN11O13P4. The van der Waals surface area contributed by atoms with Crippen molar-refractivity contribution in [3.05, 3.63) is 93.5 Å². The van der Waals surface area contributed by atoms with Crippen LogP contribution >= 0.6 is 50.1 Å². The maximum atomic E-state index is 11.1. The van der Waals surface area contributed by atoms with Crippen molar-refractivity contribution in [2.24, 2.45) is 37.4 Å². The molecule has 17 atom stereocenters. The van der Waals surface area contributed by atoms with E-state index in [1.807, 2.05) is 26.1 Å². The molecule has 89 heavy (non-hydrogen) atoms. The number of carbonyl (C=O) groups excluding carboxylic acids is 1. The zero-order valence-electron chi connectivity index (χ0n) is 53.1. The average molecular weight is 1430 g/mol. The van der Waals surface area contributed by atoms with Gasteiger partial charge in [-0.15, -0.1) is 52.7 Å². The van der Waals surface area contributed by atoms with Crippen molar-refractivity contribution in [3.8, 4) is 0 Å². The summed E-state index contributed by atoms with van der Waals surface area (Å²) in [5.41, 5.74) is 14.4. The fourth-order valence-electron chi connectivity index (χ4n) is 10.6. The van der Waals surface area contributed by atoms with Crippen molar-refractivity contribution in [2.45, 2.75) is 138 Å². The number of aromatic amines is 1. The molecule has 9 rings (SSSR count). The number of H-pyrrole nitrogens is 1. The van der Waals surface area contributed by atoms with Crippen LogP contribution in [0.5, 0.6) is 0 Å². The Labute approximate surface area is 538 Å². The van der Waals surface area contributed by atoms with E-state index in [0.29, 0.717) is 60.5 Å². The first-order valence-electron chi connectivity index (χ1n) is 29.3. The summed E-state index contributed by atoms with van der Waals surface area (Å²) in [5, 5.41) is 85.6. The molecule has 0 radical (unpaired) electrons. The topological polar surface area (TPSA) is 355 Å². The molecule has 2 amide bonds. The molecular weight excluding hydrogens is 1330 g/mol. The number of carbonyl (C=O) groups is 1. The molecule has 14 N–H and O–H groups in total. The molecule has 4 saturated heterocycles. The summed E-state index contributed by atoms with van der Waals surface area (Å²) in [6, 6.07) is 1.49. The van der Waals surface area contributed by atoms with E-state index in [-0.39, 0.29) is 0 Å². The second-order valence-electron chi connectivity index (χ2n) is 26.6. The van der Waals surface area contributed by atoms with Crippen molar-refractivity contribution in [2.75, 3.05) is 78.0 Å². The van der Waals surface area contributed by atoms with Gasteiger partial charge in [0.05, 0.1) is 40.0 Å². The fourth-order valence-corrected chi connectivity index (χ4v) is 14.8. The highest BCUT2D eigenvalue weighted by Crippen LogP contribution is 2.43. The Hall–Kier alpha value is -3.68. The van der Waals surface area contributed by atoms with E-state index in [4.69, 9.17) is 30.4 Å². The SMILES string of the molecule is C=C1N=C(N)C(C)=CN1C1OC(CCP(=C)(C)C)C(O)C1O.C=C1N=C(N)C(I)=CN1C1OC(CCP(=C)(C)C)C(O)C1O.C=C1N=c2[nH]c(C)cc2=CN1C1OC(CCP(=C)(C)C)C(O)C1O.C=C1NC(=O)N=CC1C1OC(CCP(=C)(C)C)C(O)C1O. The lowest BCUT2D eigenvalue weighted by Gasteiger charge is -2.31. The zero-order valence-corrected chi connectivity index (χ0v) is 58.8. The Kier molecular flexibility index (Phi) is 25.2. The number of urea groups is 1. The number of aromatic nitrogens is 1. The molecule has 8 aliphatic heterocycles. The van der Waals surface area contributed by atoms with E-state index in [1.54, 1.807) is 27.1 Å². The first-order chi connectivity index (χ1) is 41.0. The normalized spacial score (nSPS) is 33.1. The number of aliphatic imine (C=N–C) groups is 3. The first kappa shape index (κ1) is 74.4. The van der Waals surface area contributed by atoms with Gasteiger partial charge in [0, 0.05) is 47.0 Å². The number of amides is 2. The van der Waals surface area contributed by atoms with Gasteiger partial charge in [-0.25, -0.2) is 24.8 Å². The highest BCUT2D eigenvalue weighted by atomic mass is 127. The van der Waals surface area contributed by atoms with Gasteiger partial charge in [-0.3, -0.25) is 0 Å². The predicted octanol–water partition coefficient (Wildman–Crippen LogP) is 2.05. The van der Waals surface area contributed by atoms with Crippen molar-refractivity contribution in [3.63, 3.8) is 0 Å². The van der Waals surface area contributed by atoms with Crippen LogP contribution in [-0.2, 0) is 18.9 Å². The number of aliphatic hydroxyl groups excluding tert-OH is 8. The lowest BCUT2D eigenvalue weighted by Crippen LogP contribution is -2.44. The van der Waals surface area contributed by atoms with Gasteiger partial charge < -0.3 is 96.3 Å². The molecule has 498 valence electrons. The molecule has 0 aromatic carbocycles. The molecule has 9 heterocycles. The van der Waals surface area contributed by atoms with Gasteiger partial charge in [-0.05, 0) is 146 Å². The molecule has 1 aromatic rings. The summed E-state index contributed by atoms with van der Waals surface area (Å²) in [5.74, 6) is 1.61. The number of amidine groups is 2. The second-order valence-corrected chi connectivity index (χ2v) is 45.0. The summed E-state index contributed by atoms with van der Waals surface area (Å²) in [4.78, 5) is 35.6. The maximum Gasteiger partial charge on any atom is 0.344 e. The number of nitrogens with two attached hydrogens (primary N) is 2. The molecule has 17 unspecified atom stereocenters. The third kappa shape index (κ3) is 19.9. The van der Waals surface area contributed by atoms with E-state index in [9.17, 15) is 45.6 Å². The highest BCUT2D eigenvalue weighted by Gasteiger charge is 2.50. The number of rotatable bonds is 16. The molecule has 0 saturated carbocycles. The summed E-state index contributed by atoms with van der Waals surface area (Å²) >= 11 is 2.06. The largest absolute Gasteiger partial charge is 0.388 e. The molecule has 0 aliphatic carbocycles. The van der Waals surface area contributed by atoms with Gasteiger partial charge in [0.1, 0.15) is 83.5 Å². The Morgan fingerprint density at radius 3 is 1.34 bits per heavy atom. The van der Waals surface area contributed by atoms with Crippen LogP contribution in [-0.4, -0.2) is 286 Å². The maximum absolute atomic E-state index is 11.1. The molecule has 29 heteroatoms. The molecule has 8 aliphatic rings. The van der Waals surface area contributed by atoms with Crippen LogP contribution in [0.25, 0.3) is 6.20 Å².